The summed E-state index contributed by atoms with van der Waals surface area (Å²) in [5, 5.41) is 24.7. The number of aliphatic hydroxyl groups excluding tert-OH is 1. The number of aliphatic hydroxyl groups is 1. The molecular weight excluding hydrogens is 733 g/mol. The Labute approximate surface area is 332 Å². The van der Waals surface area contributed by atoms with Gasteiger partial charge in [0, 0.05) is 43.9 Å². The van der Waals surface area contributed by atoms with E-state index in [-0.39, 0.29) is 37.7 Å². The van der Waals surface area contributed by atoms with Crippen LogP contribution < -0.4 is 21.3 Å². The third-order valence-corrected chi connectivity index (χ3v) is 10.7. The lowest BCUT2D eigenvalue weighted by Crippen LogP contribution is -2.57. The number of rotatable bonds is 19. The van der Waals surface area contributed by atoms with E-state index in [2.05, 4.69) is 31.2 Å². The van der Waals surface area contributed by atoms with E-state index in [1.807, 2.05) is 93.6 Å². The first-order valence-corrected chi connectivity index (χ1v) is 20.1. The van der Waals surface area contributed by atoms with Crippen LogP contribution in [0.5, 0.6) is 0 Å². The van der Waals surface area contributed by atoms with Crippen molar-refractivity contribution < 1.29 is 33.8 Å². The summed E-state index contributed by atoms with van der Waals surface area (Å²) in [5.41, 5.74) is 4.02. The first-order valence-electron chi connectivity index (χ1n) is 19.2. The van der Waals surface area contributed by atoms with E-state index in [1.165, 1.54) is 11.3 Å². The number of ether oxygens (including phenoxy) is 2. The molecule has 1 unspecified atom stereocenters. The number of amides is 4. The SMILES string of the molecule is Cc1ncsc1CC(NC(=O)[C@H](Cc1cccc2ccccc12)NC(=O)OCc1ccccc1)C(=O)N[C@@H](CC(C)C)[C@@H](O)CC(=O)NCCN1CCOCC1. The molecule has 0 saturated carbocycles. The zero-order chi connectivity index (χ0) is 39.9. The third-order valence-electron chi connectivity index (χ3n) is 9.76. The van der Waals surface area contributed by atoms with Gasteiger partial charge < -0.3 is 35.8 Å². The monoisotopic (exact) mass is 786 g/mol. The number of carbonyl (C=O) groups is 4. The molecule has 2 heterocycles. The molecule has 0 aliphatic carbocycles. The van der Waals surface area contributed by atoms with Gasteiger partial charge in [-0.15, -0.1) is 11.3 Å². The molecule has 300 valence electrons. The number of aryl methyl sites for hydroxylation is 1. The smallest absolute Gasteiger partial charge is 0.408 e. The number of morpholine rings is 1. The molecule has 14 heteroatoms. The molecule has 4 atom stereocenters. The Kier molecular flexibility index (Phi) is 16.2. The maximum atomic E-state index is 14.3. The second-order valence-electron chi connectivity index (χ2n) is 14.5. The van der Waals surface area contributed by atoms with Crippen LogP contribution in [0.25, 0.3) is 10.8 Å². The van der Waals surface area contributed by atoms with E-state index in [9.17, 15) is 24.3 Å². The van der Waals surface area contributed by atoms with Crippen molar-refractivity contribution in [2.24, 2.45) is 5.92 Å². The molecule has 0 radical (unpaired) electrons. The van der Waals surface area contributed by atoms with Gasteiger partial charge in [0.2, 0.25) is 17.7 Å². The predicted molar refractivity (Wildman–Crippen MR) is 216 cm³/mol. The number of carbonyl (C=O) groups excluding carboxylic acids is 4. The standard InChI is InChI=1S/C42H54N6O7S/c1-28(2)22-34(37(49)25-39(50)43-16-17-48-18-20-54-21-19-48)45-41(52)36(24-38-29(3)44-27-56-38)46-40(51)35(47-42(53)55-26-30-10-5-4-6-11-30)23-32-14-9-13-31-12-7-8-15-33(31)32/h4-15,27-28,34-37,49H,16-26H2,1-3H3,(H,43,50)(H,45,52)(H,46,51)(H,47,53)/t34-,35-,36?,37-/m0/s1. The van der Waals surface area contributed by atoms with Crippen molar-refractivity contribution in [2.75, 3.05) is 39.4 Å². The predicted octanol–water partition coefficient (Wildman–Crippen LogP) is 3.90. The summed E-state index contributed by atoms with van der Waals surface area (Å²) in [5.74, 6) is -1.36. The van der Waals surface area contributed by atoms with E-state index in [4.69, 9.17) is 9.47 Å². The number of thiazole rings is 1. The molecule has 1 aliphatic rings. The summed E-state index contributed by atoms with van der Waals surface area (Å²) in [7, 11) is 0. The van der Waals surface area contributed by atoms with Crippen LogP contribution in [-0.2, 0) is 43.3 Å². The summed E-state index contributed by atoms with van der Waals surface area (Å²) in [6.45, 7) is 9.82. The zero-order valence-electron chi connectivity index (χ0n) is 32.4. The largest absolute Gasteiger partial charge is 0.445 e. The Balaban J connectivity index is 1.31. The summed E-state index contributed by atoms with van der Waals surface area (Å²) >= 11 is 1.37. The average Bonchev–Trinajstić information content (AvgIpc) is 3.60. The van der Waals surface area contributed by atoms with E-state index in [0.29, 0.717) is 32.7 Å². The normalized spacial score (nSPS) is 15.4. The number of aromatic nitrogens is 1. The number of hydrogen-bond donors (Lipinski definition) is 5. The van der Waals surface area contributed by atoms with Crippen molar-refractivity contribution in [3.63, 3.8) is 0 Å². The summed E-state index contributed by atoms with van der Waals surface area (Å²) in [6, 6.07) is 19.8. The van der Waals surface area contributed by atoms with Crippen molar-refractivity contribution in [1.82, 2.24) is 31.2 Å². The van der Waals surface area contributed by atoms with Crippen LogP contribution in [0.4, 0.5) is 4.79 Å². The topological polar surface area (TPSA) is 171 Å². The summed E-state index contributed by atoms with van der Waals surface area (Å²) < 4.78 is 10.9. The van der Waals surface area contributed by atoms with Gasteiger partial charge in [0.1, 0.15) is 18.7 Å². The maximum Gasteiger partial charge on any atom is 0.408 e. The minimum Gasteiger partial charge on any atom is -0.445 e. The van der Waals surface area contributed by atoms with E-state index in [0.717, 1.165) is 45.6 Å². The number of nitrogens with zero attached hydrogens (tertiary/aromatic N) is 2. The van der Waals surface area contributed by atoms with Gasteiger partial charge in [-0.3, -0.25) is 19.3 Å². The van der Waals surface area contributed by atoms with E-state index >= 15 is 0 Å². The number of fused-ring (bicyclic) bond motifs is 1. The molecule has 3 aromatic carbocycles. The highest BCUT2D eigenvalue weighted by molar-refractivity contribution is 7.09. The molecule has 4 aromatic rings. The van der Waals surface area contributed by atoms with Crippen LogP contribution in [-0.4, -0.2) is 102 Å². The lowest BCUT2D eigenvalue weighted by molar-refractivity contribution is -0.131. The molecule has 1 saturated heterocycles. The highest BCUT2D eigenvalue weighted by atomic mass is 32.1. The van der Waals surface area contributed by atoms with Gasteiger partial charge in [0.05, 0.1) is 43.0 Å². The second-order valence-corrected chi connectivity index (χ2v) is 15.5. The van der Waals surface area contributed by atoms with Crippen molar-refractivity contribution >= 4 is 45.9 Å². The van der Waals surface area contributed by atoms with Crippen LogP contribution >= 0.6 is 11.3 Å². The first-order chi connectivity index (χ1) is 27.0. The minimum atomic E-state index is -1.17. The quantitative estimate of drug-likeness (QED) is 0.0947. The fraction of sp³-hybridized carbons (Fsp3) is 0.452. The van der Waals surface area contributed by atoms with Gasteiger partial charge in [0.15, 0.2) is 0 Å². The van der Waals surface area contributed by atoms with Crippen molar-refractivity contribution in [3.05, 3.63) is 100 Å². The fourth-order valence-electron chi connectivity index (χ4n) is 6.68. The van der Waals surface area contributed by atoms with Crippen molar-refractivity contribution in [1.29, 1.82) is 0 Å². The number of benzene rings is 3. The molecule has 13 nitrogen and oxygen atoms in total. The highest BCUT2D eigenvalue weighted by Crippen LogP contribution is 2.21. The lowest BCUT2D eigenvalue weighted by Gasteiger charge is -2.29. The molecule has 1 aromatic heterocycles. The minimum absolute atomic E-state index is 0.0103. The molecule has 5 rings (SSSR count). The van der Waals surface area contributed by atoms with Gasteiger partial charge in [0.25, 0.3) is 0 Å². The molecule has 0 bridgehead atoms. The van der Waals surface area contributed by atoms with Gasteiger partial charge in [-0.1, -0.05) is 86.6 Å². The average molecular weight is 787 g/mol. The van der Waals surface area contributed by atoms with Gasteiger partial charge in [-0.2, -0.15) is 0 Å². The lowest BCUT2D eigenvalue weighted by atomic mass is 9.96. The van der Waals surface area contributed by atoms with E-state index in [1.54, 1.807) is 5.51 Å². The Morgan fingerprint density at radius 1 is 0.893 bits per heavy atom. The molecule has 56 heavy (non-hydrogen) atoms. The van der Waals surface area contributed by atoms with Crippen LogP contribution in [0.1, 0.15) is 48.4 Å². The Bertz CT molecular complexity index is 1880. The van der Waals surface area contributed by atoms with Crippen molar-refractivity contribution in [3.8, 4) is 0 Å². The number of hydrogen-bond acceptors (Lipinski definition) is 10. The zero-order valence-corrected chi connectivity index (χ0v) is 33.2. The Morgan fingerprint density at radius 3 is 2.32 bits per heavy atom. The molecular formula is C42H54N6O7S. The van der Waals surface area contributed by atoms with Gasteiger partial charge in [-0.05, 0) is 41.2 Å². The fourth-order valence-corrected chi connectivity index (χ4v) is 7.51. The Hall–Kier alpha value is -4.89. The number of alkyl carbamates (subject to hydrolysis) is 1. The maximum absolute atomic E-state index is 14.3. The van der Waals surface area contributed by atoms with Crippen LogP contribution in [0.2, 0.25) is 0 Å². The van der Waals surface area contributed by atoms with Gasteiger partial charge >= 0.3 is 6.09 Å². The molecule has 1 aliphatic heterocycles. The highest BCUT2D eigenvalue weighted by Gasteiger charge is 2.32. The van der Waals surface area contributed by atoms with Crippen molar-refractivity contribution in [2.45, 2.75) is 77.3 Å². The second kappa shape index (κ2) is 21.4. The first kappa shape index (κ1) is 42.3. The molecule has 5 N–H and O–H groups in total. The van der Waals surface area contributed by atoms with Crippen LogP contribution in [0, 0.1) is 12.8 Å². The molecule has 4 amide bonds. The van der Waals surface area contributed by atoms with Crippen LogP contribution in [0.3, 0.4) is 0 Å². The third kappa shape index (κ3) is 13.1. The number of nitrogens with one attached hydrogen (secondary N) is 4. The Morgan fingerprint density at radius 2 is 1.59 bits per heavy atom. The summed E-state index contributed by atoms with van der Waals surface area (Å²) in [4.78, 5) is 61.9. The summed E-state index contributed by atoms with van der Waals surface area (Å²) in [6.07, 6.45) is -1.51. The molecule has 0 spiro atoms. The molecule has 1 fully saturated rings. The van der Waals surface area contributed by atoms with E-state index < -0.39 is 42.1 Å². The van der Waals surface area contributed by atoms with Gasteiger partial charge in [-0.25, -0.2) is 9.78 Å². The van der Waals surface area contributed by atoms with Crippen LogP contribution in [0.15, 0.2) is 78.3 Å².